The fourth-order valence-corrected chi connectivity index (χ4v) is 3.65. The van der Waals surface area contributed by atoms with Crippen LogP contribution in [0.1, 0.15) is 48.6 Å². The molecule has 5 heteroatoms. The first-order chi connectivity index (χ1) is 13.4. The fourth-order valence-electron chi connectivity index (χ4n) is 3.65. The Morgan fingerprint density at radius 3 is 2.57 bits per heavy atom. The molecule has 0 N–H and O–H groups in total. The molecule has 3 rings (SSSR count). The minimum absolute atomic E-state index is 0.0998. The largest absolute Gasteiger partial charge is 0.295 e. The molecule has 148 valence electrons. The van der Waals surface area contributed by atoms with Gasteiger partial charge in [0.1, 0.15) is 5.82 Å². The van der Waals surface area contributed by atoms with Crippen molar-refractivity contribution in [2.24, 2.45) is 5.10 Å². The van der Waals surface area contributed by atoms with Crippen LogP contribution in [0.2, 0.25) is 0 Å². The van der Waals surface area contributed by atoms with Crippen LogP contribution < -0.4 is 0 Å². The lowest BCUT2D eigenvalue weighted by atomic mass is 9.95. The van der Waals surface area contributed by atoms with Gasteiger partial charge >= 0.3 is 0 Å². The summed E-state index contributed by atoms with van der Waals surface area (Å²) < 4.78 is 14.5. The molecule has 2 aromatic rings. The lowest BCUT2D eigenvalue weighted by Crippen LogP contribution is -2.38. The Hall–Kier alpha value is -2.53. The molecule has 0 unspecified atom stereocenters. The summed E-state index contributed by atoms with van der Waals surface area (Å²) in [4.78, 5) is 15.1. The van der Waals surface area contributed by atoms with Crippen molar-refractivity contribution >= 4 is 11.6 Å². The standard InChI is InChI=1S/C23H28FN3O/c1-5-26(6-2)15-23(28)27-22(18-9-7-8-10-20(18)24)14-21(25-27)19-13-16(3)11-12-17(19)4/h7-13,22H,5-6,14-15H2,1-4H3/t22-/m1/s1. The Labute approximate surface area is 166 Å². The lowest BCUT2D eigenvalue weighted by Gasteiger charge is -2.25. The van der Waals surface area contributed by atoms with Crippen LogP contribution in [0, 0.1) is 19.7 Å². The summed E-state index contributed by atoms with van der Waals surface area (Å²) in [7, 11) is 0. The summed E-state index contributed by atoms with van der Waals surface area (Å²) in [5.74, 6) is -0.400. The first kappa shape index (κ1) is 20.2. The molecular formula is C23H28FN3O. The maximum absolute atomic E-state index is 14.5. The number of carbonyl (C=O) groups excluding carboxylic acids is 1. The highest BCUT2D eigenvalue weighted by atomic mass is 19.1. The van der Waals surface area contributed by atoms with Gasteiger partial charge in [0, 0.05) is 17.5 Å². The van der Waals surface area contributed by atoms with E-state index in [-0.39, 0.29) is 18.3 Å². The van der Waals surface area contributed by atoms with Crippen molar-refractivity contribution in [3.8, 4) is 0 Å². The molecule has 0 radical (unpaired) electrons. The van der Waals surface area contributed by atoms with E-state index in [1.54, 1.807) is 18.2 Å². The number of hydrazone groups is 1. The molecule has 1 atom stereocenters. The van der Waals surface area contributed by atoms with E-state index in [4.69, 9.17) is 0 Å². The number of carbonyl (C=O) groups is 1. The van der Waals surface area contributed by atoms with Crippen molar-refractivity contribution in [2.45, 2.75) is 40.2 Å². The molecule has 0 aliphatic carbocycles. The maximum atomic E-state index is 14.5. The third-order valence-electron chi connectivity index (χ3n) is 5.39. The van der Waals surface area contributed by atoms with Crippen LogP contribution in [-0.4, -0.2) is 41.2 Å². The van der Waals surface area contributed by atoms with Gasteiger partial charge < -0.3 is 0 Å². The fraction of sp³-hybridized carbons (Fsp3) is 0.391. The summed E-state index contributed by atoms with van der Waals surface area (Å²) in [5, 5.41) is 6.18. The quantitative estimate of drug-likeness (QED) is 0.740. The molecule has 0 saturated heterocycles. The Balaban J connectivity index is 1.99. The molecule has 0 spiro atoms. The highest BCUT2D eigenvalue weighted by molar-refractivity contribution is 6.04. The van der Waals surface area contributed by atoms with E-state index < -0.39 is 6.04 Å². The van der Waals surface area contributed by atoms with Gasteiger partial charge in [0.25, 0.3) is 5.91 Å². The minimum atomic E-state index is -0.417. The van der Waals surface area contributed by atoms with E-state index in [0.717, 1.165) is 35.5 Å². The number of rotatable bonds is 6. The Morgan fingerprint density at radius 2 is 1.89 bits per heavy atom. The van der Waals surface area contributed by atoms with E-state index in [2.05, 4.69) is 23.3 Å². The number of amides is 1. The number of halogens is 1. The molecule has 0 bridgehead atoms. The predicted octanol–water partition coefficient (Wildman–Crippen LogP) is 4.46. The molecule has 0 fully saturated rings. The number of benzene rings is 2. The zero-order chi connectivity index (χ0) is 20.3. The Kier molecular flexibility index (Phi) is 6.25. The summed E-state index contributed by atoms with van der Waals surface area (Å²) in [6, 6.07) is 12.5. The third kappa shape index (κ3) is 4.14. The smallest absolute Gasteiger partial charge is 0.257 e. The number of likely N-dealkylation sites (N-methyl/N-ethyl adjacent to an activating group) is 1. The molecule has 28 heavy (non-hydrogen) atoms. The van der Waals surface area contributed by atoms with Crippen LogP contribution in [0.25, 0.3) is 0 Å². The number of hydrogen-bond donors (Lipinski definition) is 0. The van der Waals surface area contributed by atoms with Crippen molar-refractivity contribution < 1.29 is 9.18 Å². The molecule has 2 aromatic carbocycles. The highest BCUT2D eigenvalue weighted by Gasteiger charge is 2.35. The number of hydrogen-bond acceptors (Lipinski definition) is 3. The van der Waals surface area contributed by atoms with Crippen molar-refractivity contribution in [1.29, 1.82) is 0 Å². The maximum Gasteiger partial charge on any atom is 0.257 e. The Morgan fingerprint density at radius 1 is 1.18 bits per heavy atom. The van der Waals surface area contributed by atoms with Crippen molar-refractivity contribution in [3.63, 3.8) is 0 Å². The average Bonchev–Trinajstić information content (AvgIpc) is 3.13. The topological polar surface area (TPSA) is 35.9 Å². The number of aryl methyl sites for hydroxylation is 2. The molecule has 1 aliphatic rings. The van der Waals surface area contributed by atoms with Gasteiger partial charge in [-0.1, -0.05) is 49.7 Å². The van der Waals surface area contributed by atoms with Crippen LogP contribution in [0.15, 0.2) is 47.6 Å². The molecule has 4 nitrogen and oxygen atoms in total. The molecule has 1 aliphatic heterocycles. The zero-order valence-corrected chi connectivity index (χ0v) is 17.1. The SMILES string of the molecule is CCN(CC)CC(=O)N1N=C(c2cc(C)ccc2C)C[C@@H]1c1ccccc1F. The second-order valence-electron chi connectivity index (χ2n) is 7.31. The molecule has 1 heterocycles. The summed E-state index contributed by atoms with van der Waals surface area (Å²) in [6.45, 7) is 9.98. The Bertz CT molecular complexity index is 889. The second-order valence-corrected chi connectivity index (χ2v) is 7.31. The van der Waals surface area contributed by atoms with Crippen molar-refractivity contribution in [1.82, 2.24) is 9.91 Å². The highest BCUT2D eigenvalue weighted by Crippen LogP contribution is 2.35. The van der Waals surface area contributed by atoms with Gasteiger partial charge in [0.05, 0.1) is 18.3 Å². The molecule has 1 amide bonds. The van der Waals surface area contributed by atoms with Gasteiger partial charge in [-0.05, 0) is 44.6 Å². The van der Waals surface area contributed by atoms with Gasteiger partial charge in [-0.3, -0.25) is 9.69 Å². The van der Waals surface area contributed by atoms with Gasteiger partial charge in [-0.25, -0.2) is 9.40 Å². The average molecular weight is 381 g/mol. The number of nitrogens with zero attached hydrogens (tertiary/aromatic N) is 3. The molecule has 0 aromatic heterocycles. The third-order valence-corrected chi connectivity index (χ3v) is 5.39. The first-order valence-electron chi connectivity index (χ1n) is 9.88. The summed E-state index contributed by atoms with van der Waals surface area (Å²) >= 11 is 0. The monoisotopic (exact) mass is 381 g/mol. The normalized spacial score (nSPS) is 16.6. The van der Waals surface area contributed by atoms with Crippen molar-refractivity contribution in [2.75, 3.05) is 19.6 Å². The lowest BCUT2D eigenvalue weighted by molar-refractivity contribution is -0.134. The van der Waals surface area contributed by atoms with Crippen LogP contribution in [0.4, 0.5) is 4.39 Å². The zero-order valence-electron chi connectivity index (χ0n) is 17.1. The molecular weight excluding hydrogens is 353 g/mol. The van der Waals surface area contributed by atoms with E-state index in [1.165, 1.54) is 11.1 Å². The van der Waals surface area contributed by atoms with Crippen molar-refractivity contribution in [3.05, 3.63) is 70.5 Å². The van der Waals surface area contributed by atoms with Crippen LogP contribution >= 0.6 is 0 Å². The predicted molar refractivity (Wildman–Crippen MR) is 111 cm³/mol. The van der Waals surface area contributed by atoms with Gasteiger partial charge in [0.2, 0.25) is 0 Å². The van der Waals surface area contributed by atoms with E-state index >= 15 is 0 Å². The van der Waals surface area contributed by atoms with Gasteiger partial charge in [-0.2, -0.15) is 5.10 Å². The van der Waals surface area contributed by atoms with E-state index in [9.17, 15) is 9.18 Å². The van der Waals surface area contributed by atoms with E-state index in [0.29, 0.717) is 12.0 Å². The molecule has 0 saturated carbocycles. The van der Waals surface area contributed by atoms with Crippen LogP contribution in [0.5, 0.6) is 0 Å². The van der Waals surface area contributed by atoms with Gasteiger partial charge in [0.15, 0.2) is 0 Å². The van der Waals surface area contributed by atoms with E-state index in [1.807, 2.05) is 32.6 Å². The summed E-state index contributed by atoms with van der Waals surface area (Å²) in [5.41, 5.74) is 4.62. The minimum Gasteiger partial charge on any atom is -0.295 e. The van der Waals surface area contributed by atoms with Crippen LogP contribution in [0.3, 0.4) is 0 Å². The first-order valence-corrected chi connectivity index (χ1v) is 9.88. The second kappa shape index (κ2) is 8.65. The summed E-state index contributed by atoms with van der Waals surface area (Å²) in [6.07, 6.45) is 0.509. The van der Waals surface area contributed by atoms with Crippen LogP contribution in [-0.2, 0) is 4.79 Å². The van der Waals surface area contributed by atoms with Gasteiger partial charge in [-0.15, -0.1) is 0 Å².